The van der Waals surface area contributed by atoms with Gasteiger partial charge in [-0.25, -0.2) is 0 Å². The van der Waals surface area contributed by atoms with Crippen LogP contribution >= 0.6 is 0 Å². The minimum absolute atomic E-state index is 0.106. The molecule has 2 aromatic rings. The molecule has 0 saturated carbocycles. The number of nitrogens with two attached hydrogens (primary N) is 1. The van der Waals surface area contributed by atoms with Gasteiger partial charge >= 0.3 is 5.69 Å². The first-order valence-electron chi connectivity index (χ1n) is 8.37. The summed E-state index contributed by atoms with van der Waals surface area (Å²) in [6.45, 7) is 1.44. The number of anilines is 3. The van der Waals surface area contributed by atoms with Crippen LogP contribution < -0.4 is 16.0 Å². The van der Waals surface area contributed by atoms with Crippen molar-refractivity contribution in [3.8, 4) is 0 Å². The lowest BCUT2D eigenvalue weighted by Crippen LogP contribution is -2.35. The number of hydrogen-bond donors (Lipinski definition) is 2. The van der Waals surface area contributed by atoms with E-state index in [1.807, 2.05) is 11.0 Å². The van der Waals surface area contributed by atoms with Crippen molar-refractivity contribution < 1.29 is 4.92 Å². The van der Waals surface area contributed by atoms with Gasteiger partial charge in [0.05, 0.1) is 4.92 Å². The summed E-state index contributed by atoms with van der Waals surface area (Å²) in [4.78, 5) is 21.0. The van der Waals surface area contributed by atoms with Crippen molar-refractivity contribution in [2.24, 2.45) is 5.92 Å². The lowest BCUT2D eigenvalue weighted by Gasteiger charge is -2.32. The monoisotopic (exact) mass is 342 g/mol. The molecule has 0 atom stereocenters. The van der Waals surface area contributed by atoms with Gasteiger partial charge in [0.2, 0.25) is 17.6 Å². The third-order valence-corrected chi connectivity index (χ3v) is 4.58. The van der Waals surface area contributed by atoms with Crippen LogP contribution in [0, 0.1) is 16.0 Å². The fraction of sp³-hybridized carbons (Fsp3) is 0.412. The van der Waals surface area contributed by atoms with Crippen LogP contribution in [0.25, 0.3) is 0 Å². The Morgan fingerprint density at radius 1 is 1.28 bits per heavy atom. The van der Waals surface area contributed by atoms with E-state index in [1.165, 1.54) is 5.56 Å². The average Bonchev–Trinajstić information content (AvgIpc) is 2.62. The van der Waals surface area contributed by atoms with Crippen molar-refractivity contribution in [1.29, 1.82) is 0 Å². The highest BCUT2D eigenvalue weighted by molar-refractivity contribution is 5.71. The summed E-state index contributed by atoms with van der Waals surface area (Å²) in [5.41, 5.74) is 6.90. The summed E-state index contributed by atoms with van der Waals surface area (Å²) >= 11 is 0. The molecule has 0 radical (unpaired) electrons. The zero-order valence-corrected chi connectivity index (χ0v) is 14.2. The van der Waals surface area contributed by atoms with E-state index >= 15 is 0 Å². The van der Waals surface area contributed by atoms with Gasteiger partial charge in [0.15, 0.2) is 0 Å². The molecule has 2 heterocycles. The molecule has 1 saturated heterocycles. The summed E-state index contributed by atoms with van der Waals surface area (Å²) in [5.74, 6) is 1.07. The SMILES string of the molecule is CNc1nc(N)c([N+](=O)[O-])c(N2CCC(Cc3ccccc3)CC2)n1. The second-order valence-electron chi connectivity index (χ2n) is 6.23. The zero-order chi connectivity index (χ0) is 17.8. The highest BCUT2D eigenvalue weighted by Crippen LogP contribution is 2.34. The molecule has 1 aliphatic heterocycles. The summed E-state index contributed by atoms with van der Waals surface area (Å²) in [7, 11) is 1.66. The maximum Gasteiger partial charge on any atom is 0.353 e. The van der Waals surface area contributed by atoms with Crippen molar-refractivity contribution in [3.63, 3.8) is 0 Å². The molecule has 1 fully saturated rings. The molecule has 25 heavy (non-hydrogen) atoms. The van der Waals surface area contributed by atoms with Crippen molar-refractivity contribution >= 4 is 23.3 Å². The van der Waals surface area contributed by atoms with Crippen LogP contribution in [0.5, 0.6) is 0 Å². The van der Waals surface area contributed by atoms with Gasteiger partial charge in [-0.05, 0) is 30.7 Å². The third kappa shape index (κ3) is 3.78. The molecule has 1 aromatic carbocycles. The maximum absolute atomic E-state index is 11.4. The highest BCUT2D eigenvalue weighted by Gasteiger charge is 2.30. The first-order valence-corrected chi connectivity index (χ1v) is 8.37. The van der Waals surface area contributed by atoms with E-state index < -0.39 is 4.92 Å². The van der Waals surface area contributed by atoms with Crippen LogP contribution in [-0.4, -0.2) is 35.0 Å². The molecule has 0 amide bonds. The molecule has 1 aromatic heterocycles. The topological polar surface area (TPSA) is 110 Å². The lowest BCUT2D eigenvalue weighted by molar-refractivity contribution is -0.383. The van der Waals surface area contributed by atoms with Gasteiger partial charge in [0.1, 0.15) is 0 Å². The van der Waals surface area contributed by atoms with E-state index in [2.05, 4.69) is 39.6 Å². The van der Waals surface area contributed by atoms with E-state index in [0.717, 1.165) is 32.4 Å². The summed E-state index contributed by atoms with van der Waals surface area (Å²) in [6.07, 6.45) is 2.96. The average molecular weight is 342 g/mol. The van der Waals surface area contributed by atoms with Gasteiger partial charge in [-0.1, -0.05) is 30.3 Å². The highest BCUT2D eigenvalue weighted by atomic mass is 16.6. The number of aromatic nitrogens is 2. The predicted molar refractivity (Wildman–Crippen MR) is 97.7 cm³/mol. The number of piperidine rings is 1. The van der Waals surface area contributed by atoms with Crippen LogP contribution in [0.2, 0.25) is 0 Å². The van der Waals surface area contributed by atoms with Crippen LogP contribution in [0.4, 0.5) is 23.3 Å². The fourth-order valence-corrected chi connectivity index (χ4v) is 3.26. The van der Waals surface area contributed by atoms with Crippen LogP contribution in [0.3, 0.4) is 0 Å². The van der Waals surface area contributed by atoms with Crippen LogP contribution in [0.15, 0.2) is 30.3 Å². The summed E-state index contributed by atoms with van der Waals surface area (Å²) < 4.78 is 0. The van der Waals surface area contributed by atoms with E-state index in [1.54, 1.807) is 7.05 Å². The normalized spacial score (nSPS) is 15.2. The molecule has 0 unspecified atom stereocenters. The number of nitrogen functional groups attached to an aromatic ring is 1. The quantitative estimate of drug-likeness (QED) is 0.634. The Hall–Kier alpha value is -2.90. The number of rotatable bonds is 5. The summed E-state index contributed by atoms with van der Waals surface area (Å²) in [5, 5.41) is 14.2. The molecule has 0 bridgehead atoms. The Balaban J connectivity index is 1.74. The number of nitro groups is 1. The molecular formula is C17H22N6O2. The standard InChI is InChI=1S/C17H22N6O2/c1-19-17-20-15(18)14(23(24)25)16(21-17)22-9-7-13(8-10-22)11-12-5-3-2-4-6-12/h2-6,13H,7-11H2,1H3,(H3,18,19,20,21). The molecule has 8 heteroatoms. The van der Waals surface area contributed by atoms with Gasteiger partial charge in [-0.2, -0.15) is 9.97 Å². The third-order valence-electron chi connectivity index (χ3n) is 4.58. The van der Waals surface area contributed by atoms with E-state index in [-0.39, 0.29) is 11.5 Å². The van der Waals surface area contributed by atoms with E-state index in [0.29, 0.717) is 17.7 Å². The van der Waals surface area contributed by atoms with E-state index in [9.17, 15) is 10.1 Å². The Labute approximate surface area is 146 Å². The van der Waals surface area contributed by atoms with Gasteiger partial charge in [0, 0.05) is 20.1 Å². The first kappa shape index (κ1) is 16.9. The van der Waals surface area contributed by atoms with Crippen molar-refractivity contribution in [3.05, 3.63) is 46.0 Å². The first-order chi connectivity index (χ1) is 12.1. The molecule has 132 valence electrons. The summed E-state index contributed by atoms with van der Waals surface area (Å²) in [6, 6.07) is 10.4. The van der Waals surface area contributed by atoms with Crippen molar-refractivity contribution in [2.75, 3.05) is 36.1 Å². The van der Waals surface area contributed by atoms with Gasteiger partial charge < -0.3 is 16.0 Å². The van der Waals surface area contributed by atoms with Crippen molar-refractivity contribution in [2.45, 2.75) is 19.3 Å². The minimum atomic E-state index is -0.500. The number of nitrogens with one attached hydrogen (secondary N) is 1. The Bertz CT molecular complexity index is 744. The van der Waals surface area contributed by atoms with Crippen LogP contribution in [0.1, 0.15) is 18.4 Å². The predicted octanol–water partition coefficient (Wildman–Crippen LogP) is 2.47. The zero-order valence-electron chi connectivity index (χ0n) is 14.2. The Morgan fingerprint density at radius 2 is 1.96 bits per heavy atom. The second-order valence-corrected chi connectivity index (χ2v) is 6.23. The Kier molecular flexibility index (Phi) is 4.97. The molecule has 3 N–H and O–H groups in total. The molecule has 0 aliphatic carbocycles. The fourth-order valence-electron chi connectivity index (χ4n) is 3.26. The minimum Gasteiger partial charge on any atom is -0.378 e. The van der Waals surface area contributed by atoms with Crippen molar-refractivity contribution in [1.82, 2.24) is 9.97 Å². The molecule has 8 nitrogen and oxygen atoms in total. The van der Waals surface area contributed by atoms with Gasteiger partial charge in [0.25, 0.3) is 0 Å². The molecule has 3 rings (SSSR count). The Morgan fingerprint density at radius 3 is 2.56 bits per heavy atom. The van der Waals surface area contributed by atoms with E-state index in [4.69, 9.17) is 5.73 Å². The number of hydrogen-bond acceptors (Lipinski definition) is 7. The number of nitrogens with zero attached hydrogens (tertiary/aromatic N) is 4. The molecular weight excluding hydrogens is 320 g/mol. The van der Waals surface area contributed by atoms with Crippen LogP contribution in [-0.2, 0) is 6.42 Å². The lowest BCUT2D eigenvalue weighted by atomic mass is 9.90. The second kappa shape index (κ2) is 7.33. The van der Waals surface area contributed by atoms with Gasteiger partial charge in [-0.15, -0.1) is 0 Å². The number of benzene rings is 1. The maximum atomic E-state index is 11.4. The molecule has 0 spiro atoms. The molecule has 1 aliphatic rings. The largest absolute Gasteiger partial charge is 0.378 e. The smallest absolute Gasteiger partial charge is 0.353 e. The van der Waals surface area contributed by atoms with Gasteiger partial charge in [-0.3, -0.25) is 10.1 Å².